The third kappa shape index (κ3) is 4.64. The van der Waals surface area contributed by atoms with Gasteiger partial charge in [-0.15, -0.1) is 0 Å². The minimum atomic E-state index is -0.695. The van der Waals surface area contributed by atoms with Gasteiger partial charge in [0.1, 0.15) is 5.75 Å². The highest BCUT2D eigenvalue weighted by Crippen LogP contribution is 2.28. The molecule has 0 aliphatic heterocycles. The Hall–Kier alpha value is -2.28. The molecule has 1 aromatic rings. The minimum Gasteiger partial charge on any atom is -0.494 e. The van der Waals surface area contributed by atoms with Crippen LogP contribution in [0.1, 0.15) is 20.8 Å². The Morgan fingerprint density at radius 1 is 1.24 bits per heavy atom. The summed E-state index contributed by atoms with van der Waals surface area (Å²) in [5.74, 6) is 0.0936. The van der Waals surface area contributed by atoms with Crippen LogP contribution in [0, 0.1) is 5.41 Å². The van der Waals surface area contributed by atoms with E-state index in [-0.39, 0.29) is 11.3 Å². The number of methoxy groups -OCH3 is 1. The molecule has 7 nitrogen and oxygen atoms in total. The van der Waals surface area contributed by atoms with Crippen LogP contribution in [0.2, 0.25) is 0 Å². The van der Waals surface area contributed by atoms with E-state index in [9.17, 15) is 9.59 Å². The van der Waals surface area contributed by atoms with Crippen molar-refractivity contribution >= 4 is 23.3 Å². The van der Waals surface area contributed by atoms with E-state index in [1.807, 2.05) is 20.8 Å². The van der Waals surface area contributed by atoms with Gasteiger partial charge < -0.3 is 26.8 Å². The Bertz CT molecular complexity index is 538. The number of carbonyl (C=O) groups is 2. The summed E-state index contributed by atoms with van der Waals surface area (Å²) < 4.78 is 5.14. The second kappa shape index (κ2) is 6.45. The summed E-state index contributed by atoms with van der Waals surface area (Å²) in [7, 11) is 1.45. The molecular formula is C14H22N4O3. The number of primary amides is 1. The zero-order chi connectivity index (χ0) is 16.2. The van der Waals surface area contributed by atoms with E-state index in [2.05, 4.69) is 10.6 Å². The average Bonchev–Trinajstić information content (AvgIpc) is 2.37. The van der Waals surface area contributed by atoms with Crippen molar-refractivity contribution in [1.82, 2.24) is 0 Å². The molecule has 0 aromatic heterocycles. The molecule has 0 aliphatic rings. The molecule has 3 amide bonds. The van der Waals surface area contributed by atoms with Crippen LogP contribution in [0.3, 0.4) is 0 Å². The van der Waals surface area contributed by atoms with Gasteiger partial charge in [-0.1, -0.05) is 20.8 Å². The lowest BCUT2D eigenvalue weighted by Gasteiger charge is -2.26. The third-order valence-corrected chi connectivity index (χ3v) is 2.94. The Labute approximate surface area is 124 Å². The van der Waals surface area contributed by atoms with Gasteiger partial charge in [0, 0.05) is 11.8 Å². The Balaban J connectivity index is 2.91. The van der Waals surface area contributed by atoms with Crippen LogP contribution in [-0.4, -0.2) is 25.1 Å². The maximum atomic E-state index is 12.1. The molecule has 0 heterocycles. The fourth-order valence-corrected chi connectivity index (χ4v) is 1.62. The van der Waals surface area contributed by atoms with Crippen molar-refractivity contribution in [2.24, 2.45) is 16.9 Å². The fraction of sp³-hybridized carbons (Fsp3) is 0.429. The van der Waals surface area contributed by atoms with Gasteiger partial charge >= 0.3 is 6.03 Å². The number of anilines is 2. The highest BCUT2D eigenvalue weighted by molar-refractivity contribution is 5.96. The van der Waals surface area contributed by atoms with Gasteiger partial charge in [0.05, 0.1) is 18.8 Å². The standard InChI is InChI=1S/C14H22N4O3/c1-14(2,3)11(15)12(19)17-8-5-6-9(18-13(16)20)10(7-8)21-4/h5-7,11H,15H2,1-4H3,(H,17,19)(H3,16,18,20)/t11-/m1/s1. The number of hydrogen-bond donors (Lipinski definition) is 4. The van der Waals surface area contributed by atoms with Crippen LogP contribution in [-0.2, 0) is 4.79 Å². The molecule has 0 radical (unpaired) electrons. The van der Waals surface area contributed by atoms with Gasteiger partial charge in [-0.05, 0) is 17.5 Å². The first-order valence-corrected chi connectivity index (χ1v) is 6.46. The monoisotopic (exact) mass is 294 g/mol. The zero-order valence-corrected chi connectivity index (χ0v) is 12.7. The lowest BCUT2D eigenvalue weighted by molar-refractivity contribution is -0.119. The molecule has 6 N–H and O–H groups in total. The van der Waals surface area contributed by atoms with Crippen LogP contribution < -0.4 is 26.8 Å². The van der Waals surface area contributed by atoms with Crippen LogP contribution in [0.4, 0.5) is 16.2 Å². The molecule has 1 aromatic carbocycles. The molecule has 0 aliphatic carbocycles. The maximum Gasteiger partial charge on any atom is 0.316 e. The Morgan fingerprint density at radius 2 is 1.86 bits per heavy atom. The van der Waals surface area contributed by atoms with Crippen molar-refractivity contribution in [3.05, 3.63) is 18.2 Å². The minimum absolute atomic E-state index is 0.292. The summed E-state index contributed by atoms with van der Waals surface area (Å²) in [6.45, 7) is 5.66. The van der Waals surface area contributed by atoms with Crippen LogP contribution in [0.25, 0.3) is 0 Å². The number of amides is 3. The van der Waals surface area contributed by atoms with Gasteiger partial charge in [0.15, 0.2) is 0 Å². The lowest BCUT2D eigenvalue weighted by atomic mass is 9.87. The molecule has 21 heavy (non-hydrogen) atoms. The van der Waals surface area contributed by atoms with E-state index < -0.39 is 12.1 Å². The SMILES string of the molecule is COc1cc(NC(=O)[C@@H](N)C(C)(C)C)ccc1NC(N)=O. The molecule has 0 fully saturated rings. The molecule has 1 rings (SSSR count). The van der Waals surface area contributed by atoms with Gasteiger partial charge in [-0.2, -0.15) is 0 Å². The Kier molecular flexibility index (Phi) is 5.15. The van der Waals surface area contributed by atoms with Crippen LogP contribution in [0.5, 0.6) is 5.75 Å². The number of rotatable bonds is 4. The normalized spacial score (nSPS) is 12.4. The average molecular weight is 294 g/mol. The van der Waals surface area contributed by atoms with Crippen LogP contribution >= 0.6 is 0 Å². The first-order valence-electron chi connectivity index (χ1n) is 6.46. The predicted octanol–water partition coefficient (Wildman–Crippen LogP) is 1.50. The predicted molar refractivity (Wildman–Crippen MR) is 82.3 cm³/mol. The summed E-state index contributed by atoms with van der Waals surface area (Å²) >= 11 is 0. The van der Waals surface area contributed by atoms with Crippen molar-refractivity contribution in [1.29, 1.82) is 0 Å². The molecule has 0 unspecified atom stereocenters. The fourth-order valence-electron chi connectivity index (χ4n) is 1.62. The molecule has 0 saturated heterocycles. The quantitative estimate of drug-likeness (QED) is 0.672. The molecular weight excluding hydrogens is 272 g/mol. The second-order valence-electron chi connectivity index (χ2n) is 5.74. The van der Waals surface area contributed by atoms with Gasteiger partial charge in [0.2, 0.25) is 5.91 Å². The first kappa shape index (κ1) is 16.8. The number of nitrogens with two attached hydrogens (primary N) is 2. The van der Waals surface area contributed by atoms with Crippen molar-refractivity contribution in [3.8, 4) is 5.75 Å². The van der Waals surface area contributed by atoms with Crippen LogP contribution in [0.15, 0.2) is 18.2 Å². The maximum absolute atomic E-state index is 12.1. The summed E-state index contributed by atoms with van der Waals surface area (Å²) in [6.07, 6.45) is 0. The van der Waals surface area contributed by atoms with E-state index >= 15 is 0 Å². The van der Waals surface area contributed by atoms with Gasteiger partial charge in [0.25, 0.3) is 0 Å². The van der Waals surface area contributed by atoms with E-state index in [1.54, 1.807) is 18.2 Å². The highest BCUT2D eigenvalue weighted by atomic mass is 16.5. The van der Waals surface area contributed by atoms with Crippen molar-refractivity contribution in [3.63, 3.8) is 0 Å². The number of hydrogen-bond acceptors (Lipinski definition) is 4. The molecule has 0 bridgehead atoms. The summed E-state index contributed by atoms with van der Waals surface area (Å²) in [5, 5.41) is 5.14. The Morgan fingerprint density at radius 3 is 2.33 bits per heavy atom. The van der Waals surface area contributed by atoms with E-state index in [1.165, 1.54) is 7.11 Å². The topological polar surface area (TPSA) is 119 Å². The molecule has 0 saturated carbocycles. The number of carbonyl (C=O) groups excluding carboxylic acids is 2. The van der Waals surface area contributed by atoms with Gasteiger partial charge in [-0.3, -0.25) is 4.79 Å². The molecule has 7 heteroatoms. The van der Waals surface area contributed by atoms with Crippen molar-refractivity contribution < 1.29 is 14.3 Å². The zero-order valence-electron chi connectivity index (χ0n) is 12.7. The molecule has 0 spiro atoms. The van der Waals surface area contributed by atoms with E-state index in [4.69, 9.17) is 16.2 Å². The first-order chi connectivity index (χ1) is 9.65. The molecule has 1 atom stereocenters. The third-order valence-electron chi connectivity index (χ3n) is 2.94. The largest absolute Gasteiger partial charge is 0.494 e. The summed E-state index contributed by atoms with van der Waals surface area (Å²) in [5.41, 5.74) is 11.5. The van der Waals surface area contributed by atoms with Gasteiger partial charge in [-0.25, -0.2) is 4.79 Å². The lowest BCUT2D eigenvalue weighted by Crippen LogP contribution is -2.45. The highest BCUT2D eigenvalue weighted by Gasteiger charge is 2.27. The van der Waals surface area contributed by atoms with Crippen molar-refractivity contribution in [2.45, 2.75) is 26.8 Å². The second-order valence-corrected chi connectivity index (χ2v) is 5.74. The summed E-state index contributed by atoms with van der Waals surface area (Å²) in [4.78, 5) is 22.9. The van der Waals surface area contributed by atoms with Crippen molar-refractivity contribution in [2.75, 3.05) is 17.7 Å². The van der Waals surface area contributed by atoms with E-state index in [0.717, 1.165) is 0 Å². The summed E-state index contributed by atoms with van der Waals surface area (Å²) in [6, 6.07) is 3.45. The van der Waals surface area contributed by atoms with E-state index in [0.29, 0.717) is 17.1 Å². The number of ether oxygens (including phenoxy) is 1. The number of urea groups is 1. The number of nitrogens with one attached hydrogen (secondary N) is 2. The number of benzene rings is 1. The smallest absolute Gasteiger partial charge is 0.316 e. The molecule has 116 valence electrons.